The van der Waals surface area contributed by atoms with E-state index in [-0.39, 0.29) is 5.60 Å². The highest BCUT2D eigenvalue weighted by atomic mass is 16.5. The van der Waals surface area contributed by atoms with Crippen molar-refractivity contribution < 1.29 is 14.2 Å². The Morgan fingerprint density at radius 1 is 1.15 bits per heavy atom. The van der Waals surface area contributed by atoms with Crippen LogP contribution in [0.2, 0.25) is 0 Å². The summed E-state index contributed by atoms with van der Waals surface area (Å²) in [5.74, 6) is 3.34. The lowest BCUT2D eigenvalue weighted by molar-refractivity contribution is -0.0971. The predicted molar refractivity (Wildman–Crippen MR) is 108 cm³/mol. The van der Waals surface area contributed by atoms with E-state index < -0.39 is 0 Å². The van der Waals surface area contributed by atoms with Gasteiger partial charge < -0.3 is 14.2 Å². The fourth-order valence-corrected chi connectivity index (χ4v) is 4.71. The molecule has 0 spiro atoms. The standard InChI is InChI=1S/C23H35NO3/c1-15-10-17(15)14-26-22-11-16-8-9-24-13-18(27-23(2,3)4)6-7-20(24)19(16)12-21(22)25-5/h11-12,15,17-18,20H,6-10,13-14H2,1-5H3. The van der Waals surface area contributed by atoms with Crippen LogP contribution in [-0.2, 0) is 11.2 Å². The summed E-state index contributed by atoms with van der Waals surface area (Å²) in [5.41, 5.74) is 2.80. The summed E-state index contributed by atoms with van der Waals surface area (Å²) >= 11 is 0. The highest BCUT2D eigenvalue weighted by Crippen LogP contribution is 2.44. The molecule has 4 heteroatoms. The second-order valence-electron chi connectivity index (χ2n) is 9.68. The van der Waals surface area contributed by atoms with Gasteiger partial charge in [0.15, 0.2) is 11.5 Å². The normalized spacial score (nSPS) is 30.4. The second kappa shape index (κ2) is 7.29. The summed E-state index contributed by atoms with van der Waals surface area (Å²) in [6, 6.07) is 4.97. The first-order valence-electron chi connectivity index (χ1n) is 10.6. The summed E-state index contributed by atoms with van der Waals surface area (Å²) < 4.78 is 18.1. The smallest absolute Gasteiger partial charge is 0.161 e. The third-order valence-electron chi connectivity index (χ3n) is 6.34. The largest absolute Gasteiger partial charge is 0.493 e. The van der Waals surface area contributed by atoms with Crippen LogP contribution in [0.4, 0.5) is 0 Å². The van der Waals surface area contributed by atoms with Crippen molar-refractivity contribution in [1.29, 1.82) is 0 Å². The molecule has 4 rings (SSSR count). The number of rotatable bonds is 5. The van der Waals surface area contributed by atoms with E-state index in [1.165, 1.54) is 17.5 Å². The van der Waals surface area contributed by atoms with Crippen LogP contribution in [0.3, 0.4) is 0 Å². The average Bonchev–Trinajstić information content (AvgIpc) is 3.32. The maximum absolute atomic E-state index is 6.26. The fourth-order valence-electron chi connectivity index (χ4n) is 4.71. The van der Waals surface area contributed by atoms with E-state index in [2.05, 4.69) is 44.7 Å². The van der Waals surface area contributed by atoms with Gasteiger partial charge in [-0.1, -0.05) is 6.92 Å². The molecule has 1 saturated heterocycles. The minimum atomic E-state index is -0.0697. The third kappa shape index (κ3) is 4.27. The molecule has 0 N–H and O–H groups in total. The first kappa shape index (κ1) is 19.1. The van der Waals surface area contributed by atoms with Crippen molar-refractivity contribution in [2.45, 2.75) is 71.1 Å². The van der Waals surface area contributed by atoms with Crippen LogP contribution in [-0.4, -0.2) is 43.4 Å². The molecule has 0 amide bonds. The van der Waals surface area contributed by atoms with Gasteiger partial charge in [0.25, 0.3) is 0 Å². The van der Waals surface area contributed by atoms with E-state index in [4.69, 9.17) is 14.2 Å². The molecule has 3 aliphatic rings. The van der Waals surface area contributed by atoms with Crippen molar-refractivity contribution in [3.8, 4) is 11.5 Å². The Bertz CT molecular complexity index is 681. The van der Waals surface area contributed by atoms with E-state index in [9.17, 15) is 0 Å². The lowest BCUT2D eigenvalue weighted by atomic mass is 9.85. The molecule has 4 unspecified atom stereocenters. The van der Waals surface area contributed by atoms with Gasteiger partial charge in [0.1, 0.15) is 0 Å². The number of fused-ring (bicyclic) bond motifs is 3. The van der Waals surface area contributed by atoms with Crippen LogP contribution in [0.25, 0.3) is 0 Å². The summed E-state index contributed by atoms with van der Waals surface area (Å²) in [5, 5.41) is 0. The first-order chi connectivity index (χ1) is 12.8. The molecule has 2 fully saturated rings. The van der Waals surface area contributed by atoms with Crippen LogP contribution in [0.15, 0.2) is 12.1 Å². The fraction of sp³-hybridized carbons (Fsp3) is 0.739. The Morgan fingerprint density at radius 3 is 2.59 bits per heavy atom. The number of methoxy groups -OCH3 is 1. The van der Waals surface area contributed by atoms with E-state index in [0.29, 0.717) is 12.1 Å². The number of ether oxygens (including phenoxy) is 3. The molecule has 0 bridgehead atoms. The minimum absolute atomic E-state index is 0.0697. The number of hydrogen-bond acceptors (Lipinski definition) is 4. The SMILES string of the molecule is COc1cc2c(cc1OCC1CC1C)CCN1CC(OC(C)(C)C)CCC21. The maximum atomic E-state index is 6.26. The van der Waals surface area contributed by atoms with Gasteiger partial charge >= 0.3 is 0 Å². The van der Waals surface area contributed by atoms with Crippen LogP contribution < -0.4 is 9.47 Å². The van der Waals surface area contributed by atoms with Gasteiger partial charge in [0.2, 0.25) is 0 Å². The van der Waals surface area contributed by atoms with E-state index >= 15 is 0 Å². The van der Waals surface area contributed by atoms with Crippen molar-refractivity contribution in [3.05, 3.63) is 23.3 Å². The van der Waals surface area contributed by atoms with E-state index in [1.807, 2.05) is 0 Å². The van der Waals surface area contributed by atoms with Gasteiger partial charge in [0, 0.05) is 19.1 Å². The monoisotopic (exact) mass is 373 g/mol. The average molecular weight is 374 g/mol. The molecular weight excluding hydrogens is 338 g/mol. The van der Waals surface area contributed by atoms with Crippen LogP contribution in [0.1, 0.15) is 64.1 Å². The second-order valence-corrected chi connectivity index (χ2v) is 9.68. The molecule has 0 radical (unpaired) electrons. The Kier molecular flexibility index (Phi) is 5.15. The summed E-state index contributed by atoms with van der Waals surface area (Å²) in [6.07, 6.45) is 4.98. The molecule has 1 aliphatic carbocycles. The number of benzene rings is 1. The van der Waals surface area contributed by atoms with E-state index in [1.54, 1.807) is 7.11 Å². The Hall–Kier alpha value is -1.26. The van der Waals surface area contributed by atoms with Gasteiger partial charge in [-0.15, -0.1) is 0 Å². The molecule has 1 aromatic carbocycles. The number of hydrogen-bond donors (Lipinski definition) is 0. The van der Waals surface area contributed by atoms with Gasteiger partial charge in [-0.3, -0.25) is 4.90 Å². The highest BCUT2D eigenvalue weighted by molar-refractivity contribution is 5.49. The number of nitrogens with zero attached hydrogens (tertiary/aromatic N) is 1. The van der Waals surface area contributed by atoms with Gasteiger partial charge in [-0.25, -0.2) is 0 Å². The zero-order valence-corrected chi connectivity index (χ0v) is 17.6. The third-order valence-corrected chi connectivity index (χ3v) is 6.34. The lowest BCUT2D eigenvalue weighted by Gasteiger charge is -2.44. The summed E-state index contributed by atoms with van der Waals surface area (Å²) in [4.78, 5) is 2.61. The van der Waals surface area contributed by atoms with Gasteiger partial charge in [-0.2, -0.15) is 0 Å². The first-order valence-corrected chi connectivity index (χ1v) is 10.6. The molecule has 1 saturated carbocycles. The maximum Gasteiger partial charge on any atom is 0.161 e. The molecule has 27 heavy (non-hydrogen) atoms. The summed E-state index contributed by atoms with van der Waals surface area (Å²) in [7, 11) is 1.75. The molecule has 2 heterocycles. The predicted octanol–water partition coefficient (Wildman–Crippen LogP) is 4.61. The molecule has 1 aromatic rings. The van der Waals surface area contributed by atoms with E-state index in [0.717, 1.165) is 62.3 Å². The Labute approximate surface area is 164 Å². The number of piperidine rings is 1. The van der Waals surface area contributed by atoms with Crippen molar-refractivity contribution in [3.63, 3.8) is 0 Å². The molecule has 4 atom stereocenters. The molecule has 2 aliphatic heterocycles. The Morgan fingerprint density at radius 2 is 1.93 bits per heavy atom. The van der Waals surface area contributed by atoms with Gasteiger partial charge in [-0.05, 0) is 81.5 Å². The van der Waals surface area contributed by atoms with Crippen LogP contribution in [0, 0.1) is 11.8 Å². The van der Waals surface area contributed by atoms with Crippen molar-refractivity contribution in [1.82, 2.24) is 4.90 Å². The molecule has 4 nitrogen and oxygen atoms in total. The van der Waals surface area contributed by atoms with Crippen LogP contribution in [0.5, 0.6) is 11.5 Å². The Balaban J connectivity index is 1.48. The van der Waals surface area contributed by atoms with Gasteiger partial charge in [0.05, 0.1) is 25.4 Å². The zero-order valence-electron chi connectivity index (χ0n) is 17.6. The molecular formula is C23H35NO3. The quantitative estimate of drug-likeness (QED) is 0.754. The van der Waals surface area contributed by atoms with Crippen molar-refractivity contribution >= 4 is 0 Å². The topological polar surface area (TPSA) is 30.9 Å². The molecule has 150 valence electrons. The minimum Gasteiger partial charge on any atom is -0.493 e. The molecule has 0 aromatic heterocycles. The van der Waals surface area contributed by atoms with Crippen molar-refractivity contribution in [2.24, 2.45) is 11.8 Å². The lowest BCUT2D eigenvalue weighted by Crippen LogP contribution is -2.47. The summed E-state index contributed by atoms with van der Waals surface area (Å²) in [6.45, 7) is 11.7. The van der Waals surface area contributed by atoms with Crippen molar-refractivity contribution in [2.75, 3.05) is 26.8 Å². The zero-order chi connectivity index (χ0) is 19.2. The highest BCUT2D eigenvalue weighted by Gasteiger charge is 2.36. The van der Waals surface area contributed by atoms with Crippen LogP contribution >= 0.6 is 0 Å².